The predicted octanol–water partition coefficient (Wildman–Crippen LogP) is 1.95. The first-order chi connectivity index (χ1) is 7.24. The van der Waals surface area contributed by atoms with E-state index in [1.165, 1.54) is 0 Å². The average Bonchev–Trinajstić information content (AvgIpc) is 2.27. The number of nitrogens with zero attached hydrogens (tertiary/aromatic N) is 2. The van der Waals surface area contributed by atoms with E-state index < -0.39 is 0 Å². The Bertz CT molecular complexity index is 343. The Kier molecular flexibility index (Phi) is 4.47. The molecule has 0 bridgehead atoms. The highest BCUT2D eigenvalue weighted by Gasteiger charge is 2.00. The molecule has 3 N–H and O–H groups in total. The number of unbranched alkanes of at least 4 members (excludes halogenated alkanes) is 1. The van der Waals surface area contributed by atoms with Crippen molar-refractivity contribution in [1.82, 2.24) is 4.98 Å². The third kappa shape index (κ3) is 3.89. The number of aromatic nitrogens is 1. The highest BCUT2D eigenvalue weighted by atomic mass is 14.9. The summed E-state index contributed by atoms with van der Waals surface area (Å²) in [5.74, 6) is 0.636. The predicted molar refractivity (Wildman–Crippen MR) is 62.2 cm³/mol. The molecule has 0 aliphatic rings. The fourth-order valence-electron chi connectivity index (χ4n) is 1.12. The lowest BCUT2D eigenvalue weighted by molar-refractivity contribution is 0.831. The van der Waals surface area contributed by atoms with Crippen molar-refractivity contribution in [3.05, 3.63) is 30.1 Å². The summed E-state index contributed by atoms with van der Waals surface area (Å²) in [6.45, 7) is 2.09. The molecule has 1 aromatic rings. The Morgan fingerprint density at radius 3 is 2.93 bits per heavy atom. The van der Waals surface area contributed by atoms with E-state index in [4.69, 9.17) is 11.1 Å². The molecule has 1 rings (SSSR count). The van der Waals surface area contributed by atoms with Crippen molar-refractivity contribution in [1.29, 1.82) is 5.41 Å². The monoisotopic (exact) mass is 204 g/mol. The second-order valence-corrected chi connectivity index (χ2v) is 3.27. The number of nitrogens with one attached hydrogen (secondary N) is 1. The lowest BCUT2D eigenvalue weighted by Crippen LogP contribution is -2.14. The second-order valence-electron chi connectivity index (χ2n) is 3.27. The molecule has 0 aromatic carbocycles. The summed E-state index contributed by atoms with van der Waals surface area (Å²) < 4.78 is 0. The van der Waals surface area contributed by atoms with Gasteiger partial charge in [0.1, 0.15) is 11.5 Å². The Labute approximate surface area is 89.8 Å². The van der Waals surface area contributed by atoms with Crippen LogP contribution in [0.15, 0.2) is 29.4 Å². The summed E-state index contributed by atoms with van der Waals surface area (Å²) in [6, 6.07) is 5.38. The molecule has 0 atom stereocenters. The van der Waals surface area contributed by atoms with Crippen molar-refractivity contribution in [3.63, 3.8) is 0 Å². The van der Waals surface area contributed by atoms with E-state index in [0.29, 0.717) is 11.5 Å². The van der Waals surface area contributed by atoms with Crippen molar-refractivity contribution < 1.29 is 0 Å². The molecule has 0 spiro atoms. The third-order valence-electron chi connectivity index (χ3n) is 1.95. The van der Waals surface area contributed by atoms with Crippen molar-refractivity contribution in [2.45, 2.75) is 26.2 Å². The van der Waals surface area contributed by atoms with Gasteiger partial charge in [0.15, 0.2) is 5.84 Å². The summed E-state index contributed by atoms with van der Waals surface area (Å²) in [4.78, 5) is 8.02. The second kappa shape index (κ2) is 5.90. The first-order valence-corrected chi connectivity index (χ1v) is 5.07. The molecule has 4 heteroatoms. The molecule has 0 saturated carbocycles. The van der Waals surface area contributed by atoms with E-state index in [9.17, 15) is 0 Å². The van der Waals surface area contributed by atoms with Gasteiger partial charge in [0.25, 0.3) is 0 Å². The van der Waals surface area contributed by atoms with Crippen LogP contribution >= 0.6 is 0 Å². The normalized spacial score (nSPS) is 11.4. The number of hydrogen-bond acceptors (Lipinski definition) is 2. The molecule has 1 aromatic heterocycles. The van der Waals surface area contributed by atoms with Crippen LogP contribution in [0.5, 0.6) is 0 Å². The molecule has 0 saturated heterocycles. The van der Waals surface area contributed by atoms with Crippen LogP contribution in [0.1, 0.15) is 31.9 Å². The molecule has 0 unspecified atom stereocenters. The minimum Gasteiger partial charge on any atom is -0.387 e. The van der Waals surface area contributed by atoms with Gasteiger partial charge in [-0.05, 0) is 18.6 Å². The number of amidine groups is 2. The van der Waals surface area contributed by atoms with Gasteiger partial charge >= 0.3 is 0 Å². The third-order valence-corrected chi connectivity index (χ3v) is 1.95. The van der Waals surface area contributed by atoms with E-state index in [-0.39, 0.29) is 5.84 Å². The Balaban J connectivity index is 2.62. The van der Waals surface area contributed by atoms with Crippen LogP contribution in [0.4, 0.5) is 0 Å². The topological polar surface area (TPSA) is 75.1 Å². The van der Waals surface area contributed by atoms with Crippen molar-refractivity contribution >= 4 is 11.7 Å². The molecular weight excluding hydrogens is 188 g/mol. The van der Waals surface area contributed by atoms with E-state index in [2.05, 4.69) is 16.9 Å². The number of rotatable bonds is 4. The molecular formula is C11H16N4. The zero-order valence-electron chi connectivity index (χ0n) is 8.90. The molecule has 0 aliphatic carbocycles. The number of aliphatic imine (C=N–C) groups is 1. The van der Waals surface area contributed by atoms with Crippen molar-refractivity contribution in [3.8, 4) is 0 Å². The van der Waals surface area contributed by atoms with Crippen LogP contribution < -0.4 is 5.73 Å². The quantitative estimate of drug-likeness (QED) is 0.581. The van der Waals surface area contributed by atoms with E-state index >= 15 is 0 Å². The standard InChI is InChI=1S/C11H16N4/c1-2-3-7-10(12)15-11(13)9-6-4-5-8-14-9/h4-6,8H,2-3,7H2,1H3,(H3,12,13,15). The SMILES string of the molecule is CCCCC(N)=NC(=N)c1ccccn1. The smallest absolute Gasteiger partial charge is 0.172 e. The van der Waals surface area contributed by atoms with E-state index in [1.807, 2.05) is 6.07 Å². The highest BCUT2D eigenvalue weighted by Crippen LogP contribution is 1.98. The van der Waals surface area contributed by atoms with Gasteiger partial charge in [-0.1, -0.05) is 19.4 Å². The summed E-state index contributed by atoms with van der Waals surface area (Å²) in [5.41, 5.74) is 6.23. The number of nitrogens with two attached hydrogens (primary N) is 1. The lowest BCUT2D eigenvalue weighted by atomic mass is 10.2. The summed E-state index contributed by atoms with van der Waals surface area (Å²) in [5, 5.41) is 7.67. The highest BCUT2D eigenvalue weighted by molar-refractivity contribution is 6.03. The minimum atomic E-state index is 0.129. The van der Waals surface area contributed by atoms with Gasteiger partial charge < -0.3 is 5.73 Å². The maximum Gasteiger partial charge on any atom is 0.172 e. The molecule has 15 heavy (non-hydrogen) atoms. The van der Waals surface area contributed by atoms with E-state index in [0.717, 1.165) is 19.3 Å². The van der Waals surface area contributed by atoms with Gasteiger partial charge in [-0.2, -0.15) is 0 Å². The largest absolute Gasteiger partial charge is 0.387 e. The van der Waals surface area contributed by atoms with Crippen LogP contribution in [0.2, 0.25) is 0 Å². The minimum absolute atomic E-state index is 0.129. The van der Waals surface area contributed by atoms with Gasteiger partial charge in [-0.15, -0.1) is 0 Å². The Morgan fingerprint density at radius 1 is 1.53 bits per heavy atom. The molecule has 0 radical (unpaired) electrons. The van der Waals surface area contributed by atoms with Gasteiger partial charge in [0, 0.05) is 12.6 Å². The summed E-state index contributed by atoms with van der Waals surface area (Å²) >= 11 is 0. The molecule has 0 fully saturated rings. The molecule has 0 aliphatic heterocycles. The first kappa shape index (κ1) is 11.4. The molecule has 0 amide bonds. The lowest BCUT2D eigenvalue weighted by Gasteiger charge is -2.00. The zero-order chi connectivity index (χ0) is 11.1. The van der Waals surface area contributed by atoms with Crippen molar-refractivity contribution in [2.75, 3.05) is 0 Å². The van der Waals surface area contributed by atoms with Crippen molar-refractivity contribution in [2.24, 2.45) is 10.7 Å². The zero-order valence-corrected chi connectivity index (χ0v) is 8.90. The van der Waals surface area contributed by atoms with Gasteiger partial charge in [0.2, 0.25) is 0 Å². The number of pyridine rings is 1. The van der Waals surface area contributed by atoms with Crippen LogP contribution in [0, 0.1) is 5.41 Å². The molecule has 4 nitrogen and oxygen atoms in total. The Morgan fingerprint density at radius 2 is 2.33 bits per heavy atom. The van der Waals surface area contributed by atoms with Crippen LogP contribution in [-0.4, -0.2) is 16.7 Å². The van der Waals surface area contributed by atoms with Crippen LogP contribution in [0.25, 0.3) is 0 Å². The van der Waals surface area contributed by atoms with Gasteiger partial charge in [-0.3, -0.25) is 10.4 Å². The maximum absolute atomic E-state index is 7.67. The molecule has 1 heterocycles. The summed E-state index contributed by atoms with van der Waals surface area (Å²) in [7, 11) is 0. The van der Waals surface area contributed by atoms with E-state index in [1.54, 1.807) is 18.3 Å². The van der Waals surface area contributed by atoms with Gasteiger partial charge in [-0.25, -0.2) is 4.99 Å². The summed E-state index contributed by atoms with van der Waals surface area (Å²) in [6.07, 6.45) is 4.46. The van der Waals surface area contributed by atoms with Crippen LogP contribution in [-0.2, 0) is 0 Å². The number of hydrogen-bond donors (Lipinski definition) is 2. The van der Waals surface area contributed by atoms with Gasteiger partial charge in [0.05, 0.1) is 0 Å². The molecule has 80 valence electrons. The Hall–Kier alpha value is -1.71. The van der Waals surface area contributed by atoms with Crippen LogP contribution in [0.3, 0.4) is 0 Å². The first-order valence-electron chi connectivity index (χ1n) is 5.07. The average molecular weight is 204 g/mol. The maximum atomic E-state index is 7.67. The fourth-order valence-corrected chi connectivity index (χ4v) is 1.12. The fraction of sp³-hybridized carbons (Fsp3) is 0.364.